The molecule has 0 bridgehead atoms. The number of alkyl halides is 3. The van der Waals surface area contributed by atoms with E-state index in [1.54, 1.807) is 12.1 Å². The average Bonchev–Trinajstić information content (AvgIpc) is 3.38. The molecule has 0 fully saturated rings. The predicted octanol–water partition coefficient (Wildman–Crippen LogP) is 7.11. The van der Waals surface area contributed by atoms with Crippen LogP contribution in [0, 0.1) is 0 Å². The number of hydrogen-bond donors (Lipinski definition) is 1. The molecule has 1 N–H and O–H groups in total. The maximum Gasteiger partial charge on any atom is 0.416 e. The predicted molar refractivity (Wildman–Crippen MR) is 140 cm³/mol. The van der Waals surface area contributed by atoms with Crippen molar-refractivity contribution in [2.24, 2.45) is 0 Å². The molecule has 39 heavy (non-hydrogen) atoms. The Morgan fingerprint density at radius 1 is 1.10 bits per heavy atom. The molecule has 5 rings (SSSR count). The molecular formula is C26H20Cl2F3N5O3. The molecule has 2 aromatic carbocycles. The van der Waals surface area contributed by atoms with Crippen molar-refractivity contribution in [2.45, 2.75) is 31.7 Å². The van der Waals surface area contributed by atoms with Crippen LogP contribution in [0.5, 0.6) is 11.5 Å². The monoisotopic (exact) mass is 577 g/mol. The number of methoxy groups -OCH3 is 1. The minimum atomic E-state index is -4.49. The number of aromatic nitrogens is 4. The third kappa shape index (κ3) is 5.79. The number of anilines is 1. The standard InChI is InChI=1S/C26H20Cl2F3N5O3/c1-25(7-6-17(27)18(28)11-25)35-23-16-9-20(37-2)21(10-19(16)32-13-33-23)38-12-22-34-24(39-36-22)14-4-3-5-15(8-14)26(29,30)31/h3-6,8-11,13H,7,12H2,1-2H3,(H,32,33,35). The highest BCUT2D eigenvalue weighted by Gasteiger charge is 2.31. The van der Waals surface area contributed by atoms with E-state index in [9.17, 15) is 13.2 Å². The van der Waals surface area contributed by atoms with Gasteiger partial charge in [0.25, 0.3) is 5.89 Å². The van der Waals surface area contributed by atoms with E-state index in [4.69, 9.17) is 37.2 Å². The van der Waals surface area contributed by atoms with Crippen LogP contribution in [-0.2, 0) is 12.8 Å². The molecule has 0 amide bonds. The summed E-state index contributed by atoms with van der Waals surface area (Å²) in [6, 6.07) is 8.05. The number of fused-ring (bicyclic) bond motifs is 1. The molecule has 13 heteroatoms. The molecular weight excluding hydrogens is 558 g/mol. The van der Waals surface area contributed by atoms with Gasteiger partial charge in [0.2, 0.25) is 5.82 Å². The second-order valence-electron chi connectivity index (χ2n) is 8.92. The van der Waals surface area contributed by atoms with Gasteiger partial charge in [0.05, 0.1) is 33.8 Å². The van der Waals surface area contributed by atoms with E-state index in [0.29, 0.717) is 44.7 Å². The van der Waals surface area contributed by atoms with E-state index in [1.807, 2.05) is 19.1 Å². The summed E-state index contributed by atoms with van der Waals surface area (Å²) < 4.78 is 55.7. The van der Waals surface area contributed by atoms with Gasteiger partial charge in [-0.15, -0.1) is 0 Å². The lowest BCUT2D eigenvalue weighted by Gasteiger charge is -2.30. The van der Waals surface area contributed by atoms with Gasteiger partial charge in [-0.1, -0.05) is 40.5 Å². The number of rotatable bonds is 7. The van der Waals surface area contributed by atoms with Crippen molar-refractivity contribution in [3.05, 3.63) is 76.3 Å². The Balaban J connectivity index is 1.36. The van der Waals surface area contributed by atoms with E-state index < -0.39 is 17.3 Å². The minimum Gasteiger partial charge on any atom is -0.493 e. The second-order valence-corrected chi connectivity index (χ2v) is 9.73. The van der Waals surface area contributed by atoms with E-state index in [1.165, 1.54) is 25.6 Å². The van der Waals surface area contributed by atoms with E-state index in [0.717, 1.165) is 12.1 Å². The Hall–Kier alpha value is -3.83. The smallest absolute Gasteiger partial charge is 0.416 e. The molecule has 1 aliphatic rings. The molecule has 2 aromatic heterocycles. The number of hydrogen-bond acceptors (Lipinski definition) is 8. The van der Waals surface area contributed by atoms with Crippen LogP contribution in [0.3, 0.4) is 0 Å². The van der Waals surface area contributed by atoms with Crippen molar-refractivity contribution in [3.8, 4) is 23.0 Å². The maximum atomic E-state index is 13.0. The molecule has 0 aliphatic heterocycles. The Morgan fingerprint density at radius 3 is 2.67 bits per heavy atom. The van der Waals surface area contributed by atoms with Crippen molar-refractivity contribution < 1.29 is 27.2 Å². The summed E-state index contributed by atoms with van der Waals surface area (Å²) in [4.78, 5) is 12.9. The first kappa shape index (κ1) is 26.8. The van der Waals surface area contributed by atoms with Crippen LogP contribution in [0.15, 0.2) is 69.5 Å². The molecule has 2 heterocycles. The lowest BCUT2D eigenvalue weighted by Crippen LogP contribution is -2.34. The van der Waals surface area contributed by atoms with Gasteiger partial charge in [0.15, 0.2) is 18.1 Å². The third-order valence-electron chi connectivity index (χ3n) is 5.97. The van der Waals surface area contributed by atoms with Crippen LogP contribution < -0.4 is 14.8 Å². The van der Waals surface area contributed by atoms with Crippen molar-refractivity contribution >= 4 is 39.9 Å². The summed E-state index contributed by atoms with van der Waals surface area (Å²) in [5.41, 5.74) is -0.632. The molecule has 4 aromatic rings. The van der Waals surface area contributed by atoms with E-state index in [-0.39, 0.29) is 23.9 Å². The normalized spacial score (nSPS) is 17.5. The van der Waals surface area contributed by atoms with E-state index >= 15 is 0 Å². The number of ether oxygens (including phenoxy) is 2. The SMILES string of the molecule is COc1cc2c(NC3(C)C=C(Cl)C(Cl)=CC3)ncnc2cc1OCc1noc(-c2cccc(C(F)(F)F)c2)n1. The molecule has 8 nitrogen and oxygen atoms in total. The van der Waals surface area contributed by atoms with Crippen molar-refractivity contribution in [2.75, 3.05) is 12.4 Å². The molecule has 1 aliphatic carbocycles. The quantitative estimate of drug-likeness (QED) is 0.248. The number of benzene rings is 2. The highest BCUT2D eigenvalue weighted by atomic mass is 35.5. The first-order valence-electron chi connectivity index (χ1n) is 11.5. The topological polar surface area (TPSA) is 95.2 Å². The van der Waals surface area contributed by atoms with Gasteiger partial charge in [-0.05, 0) is 43.7 Å². The Morgan fingerprint density at radius 2 is 1.92 bits per heavy atom. The van der Waals surface area contributed by atoms with Gasteiger partial charge in [-0.2, -0.15) is 18.2 Å². The highest BCUT2D eigenvalue weighted by Crippen LogP contribution is 2.38. The van der Waals surface area contributed by atoms with Crippen LogP contribution in [0.2, 0.25) is 0 Å². The maximum absolute atomic E-state index is 13.0. The fraction of sp³-hybridized carbons (Fsp3) is 0.231. The van der Waals surface area contributed by atoms with Crippen LogP contribution in [0.25, 0.3) is 22.4 Å². The van der Waals surface area contributed by atoms with Crippen LogP contribution in [0.4, 0.5) is 19.0 Å². The van der Waals surface area contributed by atoms with Gasteiger partial charge in [0.1, 0.15) is 12.1 Å². The molecule has 0 radical (unpaired) electrons. The summed E-state index contributed by atoms with van der Waals surface area (Å²) in [7, 11) is 1.49. The van der Waals surface area contributed by atoms with Gasteiger partial charge in [-0.3, -0.25) is 0 Å². The zero-order chi connectivity index (χ0) is 27.8. The number of allylic oxidation sites excluding steroid dienone is 2. The minimum absolute atomic E-state index is 0.0601. The molecule has 202 valence electrons. The average molecular weight is 578 g/mol. The fourth-order valence-electron chi connectivity index (χ4n) is 4.00. The van der Waals surface area contributed by atoms with Crippen molar-refractivity contribution in [1.29, 1.82) is 0 Å². The Kier molecular flexibility index (Phi) is 7.13. The second kappa shape index (κ2) is 10.4. The highest BCUT2D eigenvalue weighted by molar-refractivity contribution is 6.44. The lowest BCUT2D eigenvalue weighted by atomic mass is 9.93. The summed E-state index contributed by atoms with van der Waals surface area (Å²) in [5, 5.41) is 8.84. The lowest BCUT2D eigenvalue weighted by molar-refractivity contribution is -0.137. The molecule has 0 spiro atoms. The third-order valence-corrected chi connectivity index (χ3v) is 6.73. The first-order valence-corrected chi connectivity index (χ1v) is 12.3. The number of nitrogens with one attached hydrogen (secondary N) is 1. The summed E-state index contributed by atoms with van der Waals surface area (Å²) in [6.45, 7) is 1.84. The van der Waals surface area contributed by atoms with Gasteiger partial charge in [0, 0.05) is 17.0 Å². The van der Waals surface area contributed by atoms with E-state index in [2.05, 4.69) is 25.4 Å². The van der Waals surface area contributed by atoms with Crippen LogP contribution in [-0.4, -0.2) is 32.8 Å². The van der Waals surface area contributed by atoms with Gasteiger partial charge < -0.3 is 19.3 Å². The summed E-state index contributed by atoms with van der Waals surface area (Å²) in [5.74, 6) is 1.38. The van der Waals surface area contributed by atoms with Crippen LogP contribution >= 0.6 is 23.2 Å². The number of halogens is 5. The zero-order valence-electron chi connectivity index (χ0n) is 20.5. The largest absolute Gasteiger partial charge is 0.493 e. The van der Waals surface area contributed by atoms with Crippen molar-refractivity contribution in [1.82, 2.24) is 20.1 Å². The fourth-order valence-corrected chi connectivity index (χ4v) is 4.45. The van der Waals surface area contributed by atoms with Crippen LogP contribution in [0.1, 0.15) is 24.7 Å². The summed E-state index contributed by atoms with van der Waals surface area (Å²) >= 11 is 12.3. The molecule has 1 unspecified atom stereocenters. The molecule has 0 saturated heterocycles. The molecule has 0 saturated carbocycles. The van der Waals surface area contributed by atoms with Crippen molar-refractivity contribution in [3.63, 3.8) is 0 Å². The van der Waals surface area contributed by atoms with Gasteiger partial charge >= 0.3 is 6.18 Å². The first-order chi connectivity index (χ1) is 18.5. The van der Waals surface area contributed by atoms with Gasteiger partial charge in [-0.25, -0.2) is 9.97 Å². The Bertz CT molecular complexity index is 1610. The molecule has 1 atom stereocenters. The number of nitrogens with zero attached hydrogens (tertiary/aromatic N) is 4. The zero-order valence-corrected chi connectivity index (χ0v) is 22.0. The Labute approximate surface area is 230 Å². The summed E-state index contributed by atoms with van der Waals surface area (Å²) in [6.07, 6.45) is 1.19.